The van der Waals surface area contributed by atoms with Gasteiger partial charge in [0.1, 0.15) is 23.0 Å². The van der Waals surface area contributed by atoms with Gasteiger partial charge in [0.15, 0.2) is 0 Å². The Kier molecular flexibility index (Phi) is 8.04. The minimum absolute atomic E-state index is 0.0499. The third kappa shape index (κ3) is 5.51. The first-order chi connectivity index (χ1) is 18.1. The predicted octanol–water partition coefficient (Wildman–Crippen LogP) is 5.66. The van der Waals surface area contributed by atoms with Gasteiger partial charge in [-0.15, -0.1) is 11.3 Å². The minimum atomic E-state index is -1.84. The molecule has 0 saturated heterocycles. The van der Waals surface area contributed by atoms with Crippen molar-refractivity contribution in [1.29, 1.82) is 0 Å². The Balaban J connectivity index is 1.84. The van der Waals surface area contributed by atoms with Crippen LogP contribution in [0.4, 0.5) is 0 Å². The van der Waals surface area contributed by atoms with Crippen LogP contribution in [-0.4, -0.2) is 44.3 Å². The number of carbonyl (C=O) groups excluding carboxylic acids is 1. The molecule has 0 fully saturated rings. The summed E-state index contributed by atoms with van der Waals surface area (Å²) in [6, 6.07) is 11.1. The van der Waals surface area contributed by atoms with Crippen LogP contribution in [0.25, 0.3) is 5.57 Å². The normalized spacial score (nSPS) is 17.1. The van der Waals surface area contributed by atoms with E-state index in [1.54, 1.807) is 39.5 Å². The van der Waals surface area contributed by atoms with Gasteiger partial charge in [-0.2, -0.15) is 0 Å². The SMILES string of the molecule is COc1cc(OC)cc(C2=C(Cc3ccc(OC(C)C)c(C)c3)C(O)(Cc3scc(OC)c3C)OC2=O)c1. The number of hydrogen-bond acceptors (Lipinski definition) is 8. The fourth-order valence-corrected chi connectivity index (χ4v) is 5.72. The molecule has 202 valence electrons. The third-order valence-corrected chi connectivity index (χ3v) is 7.65. The van der Waals surface area contributed by atoms with E-state index in [1.807, 2.05) is 51.3 Å². The highest BCUT2D eigenvalue weighted by Crippen LogP contribution is 2.44. The van der Waals surface area contributed by atoms with Crippen molar-refractivity contribution in [2.24, 2.45) is 0 Å². The van der Waals surface area contributed by atoms with Crippen LogP contribution in [0, 0.1) is 13.8 Å². The number of ether oxygens (including phenoxy) is 5. The number of hydrogen-bond donors (Lipinski definition) is 1. The number of methoxy groups -OCH3 is 3. The Labute approximate surface area is 227 Å². The molecule has 0 aliphatic carbocycles. The summed E-state index contributed by atoms with van der Waals surface area (Å²) < 4.78 is 28.0. The first-order valence-corrected chi connectivity index (χ1v) is 13.3. The molecule has 3 aromatic rings. The van der Waals surface area contributed by atoms with Crippen molar-refractivity contribution in [3.05, 3.63) is 74.5 Å². The van der Waals surface area contributed by atoms with Gasteiger partial charge >= 0.3 is 5.97 Å². The number of cyclic esters (lactones) is 1. The number of carbonyl (C=O) groups is 1. The first kappa shape index (κ1) is 27.5. The lowest BCUT2D eigenvalue weighted by molar-refractivity contribution is -0.180. The molecular formula is C30H34O7S. The van der Waals surface area contributed by atoms with Crippen molar-refractivity contribution in [2.45, 2.75) is 52.4 Å². The molecule has 1 aliphatic rings. The van der Waals surface area contributed by atoms with Crippen molar-refractivity contribution >= 4 is 22.9 Å². The quantitative estimate of drug-likeness (QED) is 0.333. The Hall–Kier alpha value is -3.49. The van der Waals surface area contributed by atoms with Crippen molar-refractivity contribution in [2.75, 3.05) is 21.3 Å². The molecule has 2 heterocycles. The van der Waals surface area contributed by atoms with Gasteiger partial charge in [-0.1, -0.05) is 12.1 Å². The van der Waals surface area contributed by atoms with Gasteiger partial charge in [0.25, 0.3) is 0 Å². The average Bonchev–Trinajstić information content (AvgIpc) is 3.34. The second-order valence-electron chi connectivity index (χ2n) is 9.60. The molecule has 1 atom stereocenters. The van der Waals surface area contributed by atoms with Gasteiger partial charge in [-0.25, -0.2) is 4.79 Å². The number of esters is 1. The summed E-state index contributed by atoms with van der Waals surface area (Å²) in [5.74, 6) is 0.141. The molecule has 1 unspecified atom stereocenters. The van der Waals surface area contributed by atoms with E-state index in [0.717, 1.165) is 33.1 Å². The summed E-state index contributed by atoms with van der Waals surface area (Å²) in [7, 11) is 4.71. The predicted molar refractivity (Wildman–Crippen MR) is 147 cm³/mol. The Morgan fingerprint density at radius 2 is 1.66 bits per heavy atom. The lowest BCUT2D eigenvalue weighted by Crippen LogP contribution is -2.35. The second kappa shape index (κ2) is 11.1. The number of thiophene rings is 1. The summed E-state index contributed by atoms with van der Waals surface area (Å²) in [5, 5.41) is 13.8. The molecule has 1 aliphatic heterocycles. The molecule has 0 amide bonds. The molecule has 8 heteroatoms. The average molecular weight is 539 g/mol. The van der Waals surface area contributed by atoms with Crippen LogP contribution < -0.4 is 18.9 Å². The molecule has 1 N–H and O–H groups in total. The minimum Gasteiger partial charge on any atom is -0.497 e. The second-order valence-corrected chi connectivity index (χ2v) is 10.6. The van der Waals surface area contributed by atoms with Crippen LogP contribution in [0.15, 0.2) is 47.4 Å². The fraction of sp³-hybridized carbons (Fsp3) is 0.367. The molecule has 0 spiro atoms. The van der Waals surface area contributed by atoms with E-state index < -0.39 is 11.8 Å². The maximum atomic E-state index is 13.4. The van der Waals surface area contributed by atoms with Crippen molar-refractivity contribution in [3.8, 4) is 23.0 Å². The summed E-state index contributed by atoms with van der Waals surface area (Å²) >= 11 is 1.46. The smallest absolute Gasteiger partial charge is 0.341 e. The van der Waals surface area contributed by atoms with E-state index in [1.165, 1.54) is 11.3 Å². The number of aryl methyl sites for hydroxylation is 1. The summed E-state index contributed by atoms with van der Waals surface area (Å²) in [4.78, 5) is 14.3. The van der Waals surface area contributed by atoms with Gasteiger partial charge in [0, 0.05) is 33.9 Å². The molecule has 0 radical (unpaired) electrons. The highest BCUT2D eigenvalue weighted by atomic mass is 32.1. The van der Waals surface area contributed by atoms with Crippen LogP contribution in [0.3, 0.4) is 0 Å². The first-order valence-electron chi connectivity index (χ1n) is 12.4. The van der Waals surface area contributed by atoms with E-state index in [-0.39, 0.29) is 12.5 Å². The molecule has 2 aromatic carbocycles. The molecule has 38 heavy (non-hydrogen) atoms. The van der Waals surface area contributed by atoms with Gasteiger partial charge in [0.2, 0.25) is 5.79 Å². The largest absolute Gasteiger partial charge is 0.497 e. The van der Waals surface area contributed by atoms with Crippen LogP contribution in [0.5, 0.6) is 23.0 Å². The highest BCUT2D eigenvalue weighted by Gasteiger charge is 2.47. The zero-order valence-electron chi connectivity index (χ0n) is 22.8. The monoisotopic (exact) mass is 538 g/mol. The van der Waals surface area contributed by atoms with Gasteiger partial charge in [-0.05, 0) is 62.6 Å². The lowest BCUT2D eigenvalue weighted by Gasteiger charge is -2.25. The fourth-order valence-electron chi connectivity index (χ4n) is 4.64. The molecule has 4 rings (SSSR count). The number of rotatable bonds is 10. The standard InChI is InChI=1S/C30H34O7S/c1-17(2)36-25-9-8-20(10-18(25)3)11-24-28(21-12-22(33-5)14-23(13-21)34-6)29(31)37-30(24,32)15-27-19(4)26(35-7)16-38-27/h8-10,12-14,16-17,32H,11,15H2,1-7H3. The molecular weight excluding hydrogens is 504 g/mol. The number of benzene rings is 2. The Morgan fingerprint density at radius 1 is 0.974 bits per heavy atom. The molecule has 7 nitrogen and oxygen atoms in total. The Bertz CT molecular complexity index is 1350. The Morgan fingerprint density at radius 3 is 2.21 bits per heavy atom. The third-order valence-electron chi connectivity index (χ3n) is 6.58. The van der Waals surface area contributed by atoms with E-state index >= 15 is 0 Å². The topological polar surface area (TPSA) is 83.5 Å². The maximum Gasteiger partial charge on any atom is 0.341 e. The van der Waals surface area contributed by atoms with Crippen LogP contribution >= 0.6 is 11.3 Å². The lowest BCUT2D eigenvalue weighted by atomic mass is 9.89. The summed E-state index contributed by atoms with van der Waals surface area (Å²) in [5.41, 5.74) is 4.11. The van der Waals surface area contributed by atoms with Crippen LogP contribution in [-0.2, 0) is 22.4 Å². The summed E-state index contributed by atoms with van der Waals surface area (Å²) in [6.45, 7) is 7.87. The zero-order valence-corrected chi connectivity index (χ0v) is 23.7. The van der Waals surface area contributed by atoms with Crippen LogP contribution in [0.1, 0.15) is 41.0 Å². The van der Waals surface area contributed by atoms with Crippen LogP contribution in [0.2, 0.25) is 0 Å². The highest BCUT2D eigenvalue weighted by molar-refractivity contribution is 7.10. The van der Waals surface area contributed by atoms with E-state index in [4.69, 9.17) is 23.7 Å². The van der Waals surface area contributed by atoms with E-state index in [0.29, 0.717) is 34.6 Å². The van der Waals surface area contributed by atoms with Crippen molar-refractivity contribution in [3.63, 3.8) is 0 Å². The van der Waals surface area contributed by atoms with Gasteiger partial charge < -0.3 is 28.8 Å². The van der Waals surface area contributed by atoms with E-state index in [2.05, 4.69) is 0 Å². The van der Waals surface area contributed by atoms with Gasteiger partial charge in [-0.3, -0.25) is 0 Å². The molecule has 0 saturated carbocycles. The van der Waals surface area contributed by atoms with Crippen molar-refractivity contribution in [1.82, 2.24) is 0 Å². The van der Waals surface area contributed by atoms with Crippen molar-refractivity contribution < 1.29 is 33.6 Å². The van der Waals surface area contributed by atoms with E-state index in [9.17, 15) is 9.90 Å². The maximum absolute atomic E-state index is 13.4. The molecule has 1 aromatic heterocycles. The van der Waals surface area contributed by atoms with Gasteiger partial charge in [0.05, 0.1) is 39.4 Å². The number of aliphatic hydroxyl groups is 1. The molecule has 0 bridgehead atoms. The summed E-state index contributed by atoms with van der Waals surface area (Å²) in [6.07, 6.45) is 0.446. The zero-order chi connectivity index (χ0) is 27.6.